The predicted octanol–water partition coefficient (Wildman–Crippen LogP) is 1.96. The number of pyridine rings is 1. The summed E-state index contributed by atoms with van der Waals surface area (Å²) in [6.45, 7) is 5.40. The minimum Gasteiger partial charge on any atom is -0.286 e. The van der Waals surface area contributed by atoms with Crippen molar-refractivity contribution in [2.75, 3.05) is 25.5 Å². The number of carbonyl (C=O) groups is 4. The number of carbonyl (C=O) groups excluding carboxylic acids is 4. The van der Waals surface area contributed by atoms with Crippen molar-refractivity contribution in [3.05, 3.63) is 40.0 Å². The van der Waals surface area contributed by atoms with E-state index in [4.69, 9.17) is 0 Å². The summed E-state index contributed by atoms with van der Waals surface area (Å²) in [7, 11) is 0. The molecule has 142 valence electrons. The van der Waals surface area contributed by atoms with Crippen molar-refractivity contribution < 1.29 is 19.2 Å². The highest BCUT2D eigenvalue weighted by Gasteiger charge is 2.48. The van der Waals surface area contributed by atoms with Crippen LogP contribution in [0.25, 0.3) is 0 Å². The van der Waals surface area contributed by atoms with E-state index in [0.717, 1.165) is 11.8 Å². The highest BCUT2D eigenvalue weighted by Crippen LogP contribution is 2.43. The molecule has 0 atom stereocenters. The second kappa shape index (κ2) is 8.24. The minimum atomic E-state index is -0.724. The summed E-state index contributed by atoms with van der Waals surface area (Å²) >= 11 is 2.16. The van der Waals surface area contributed by atoms with Gasteiger partial charge < -0.3 is 0 Å². The van der Waals surface area contributed by atoms with Gasteiger partial charge in [-0.05, 0) is 37.0 Å². The molecule has 0 radical (unpaired) electrons. The molecule has 0 aliphatic carbocycles. The third-order valence-corrected chi connectivity index (χ3v) is 6.57. The summed E-state index contributed by atoms with van der Waals surface area (Å²) in [6, 6.07) is 2.36. The Hall–Kier alpha value is -2.17. The normalized spacial score (nSPS) is 20.3. The second-order valence-corrected chi connectivity index (χ2v) is 8.05. The zero-order chi connectivity index (χ0) is 19.6. The number of imide groups is 3. The van der Waals surface area contributed by atoms with Crippen molar-refractivity contribution in [1.29, 1.82) is 0 Å². The lowest BCUT2D eigenvalue weighted by molar-refractivity contribution is -0.121. The van der Waals surface area contributed by atoms with Crippen LogP contribution >= 0.6 is 23.5 Å². The molecular formula is C17H18N4O4S2. The molecule has 10 heteroatoms. The number of aromatic nitrogens is 1. The molecule has 2 saturated heterocycles. The highest BCUT2D eigenvalue weighted by atomic mass is 32.2. The third kappa shape index (κ3) is 3.78. The van der Waals surface area contributed by atoms with E-state index in [1.807, 2.05) is 18.7 Å². The largest absolute Gasteiger partial charge is 0.340 e. The summed E-state index contributed by atoms with van der Waals surface area (Å²) in [5.74, 6) is -1.19. The van der Waals surface area contributed by atoms with Crippen molar-refractivity contribution in [2.45, 2.75) is 13.8 Å². The number of nitrogens with zero attached hydrogens (tertiary/aromatic N) is 4. The molecule has 0 unspecified atom stereocenters. The number of thioether (sulfide) groups is 2. The monoisotopic (exact) mass is 406 g/mol. The molecule has 2 aliphatic heterocycles. The Morgan fingerprint density at radius 1 is 1.26 bits per heavy atom. The average molecular weight is 406 g/mol. The molecule has 0 saturated carbocycles. The van der Waals surface area contributed by atoms with Gasteiger partial charge >= 0.3 is 6.03 Å². The maximum atomic E-state index is 13.0. The molecule has 0 N–H and O–H groups in total. The van der Waals surface area contributed by atoms with Gasteiger partial charge in [-0.2, -0.15) is 4.90 Å². The van der Waals surface area contributed by atoms with Crippen molar-refractivity contribution >= 4 is 46.5 Å². The zero-order valence-corrected chi connectivity index (χ0v) is 16.5. The van der Waals surface area contributed by atoms with E-state index in [2.05, 4.69) is 4.98 Å². The van der Waals surface area contributed by atoms with E-state index in [1.54, 1.807) is 6.07 Å². The molecule has 4 amide bonds. The van der Waals surface area contributed by atoms with Gasteiger partial charge in [-0.25, -0.2) is 4.79 Å². The van der Waals surface area contributed by atoms with Crippen LogP contribution in [0.15, 0.2) is 34.5 Å². The fourth-order valence-corrected chi connectivity index (χ4v) is 4.87. The first kappa shape index (κ1) is 19.6. The topological polar surface area (TPSA) is 90.9 Å². The van der Waals surface area contributed by atoms with Crippen molar-refractivity contribution in [2.24, 2.45) is 0 Å². The Morgan fingerprint density at radius 3 is 2.56 bits per heavy atom. The van der Waals surface area contributed by atoms with Crippen LogP contribution in [0, 0.1) is 0 Å². The van der Waals surface area contributed by atoms with Gasteiger partial charge in [-0.3, -0.25) is 29.2 Å². The van der Waals surface area contributed by atoms with Crippen molar-refractivity contribution in [1.82, 2.24) is 19.7 Å². The molecule has 8 nitrogen and oxygen atoms in total. The molecule has 2 fully saturated rings. The SMILES string of the molecule is CCN(CC)CN1C(=O)N(C(=O)c2cccnc2)C(=O)C1=C1SCC(=O)S1. The molecule has 0 spiro atoms. The molecule has 3 rings (SSSR count). The van der Waals surface area contributed by atoms with Gasteiger partial charge in [0.2, 0.25) is 5.12 Å². The fourth-order valence-electron chi connectivity index (χ4n) is 2.68. The van der Waals surface area contributed by atoms with Crippen LogP contribution in [0.5, 0.6) is 0 Å². The number of hydrogen-bond acceptors (Lipinski definition) is 8. The molecule has 0 bridgehead atoms. The van der Waals surface area contributed by atoms with Crippen LogP contribution < -0.4 is 0 Å². The number of hydrogen-bond donors (Lipinski definition) is 0. The summed E-state index contributed by atoms with van der Waals surface area (Å²) in [5, 5.41) is -0.0809. The average Bonchev–Trinajstić information content (AvgIpc) is 3.20. The standard InChI is InChI=1S/C17H18N4O4S2/c1-3-19(4-2)10-20-13(16-26-9-12(22)27-16)15(24)21(17(20)25)14(23)11-6-5-7-18-8-11/h5-8H,3-4,9-10H2,1-2H3. The number of rotatable bonds is 5. The molecule has 0 aromatic carbocycles. The molecule has 1 aromatic rings. The van der Waals surface area contributed by atoms with Crippen molar-refractivity contribution in [3.63, 3.8) is 0 Å². The molecule has 3 heterocycles. The summed E-state index contributed by atoms with van der Waals surface area (Å²) < 4.78 is 0.465. The first-order chi connectivity index (χ1) is 13.0. The molecular weight excluding hydrogens is 388 g/mol. The van der Waals surface area contributed by atoms with Gasteiger partial charge in [-0.15, -0.1) is 11.8 Å². The van der Waals surface area contributed by atoms with Crippen molar-refractivity contribution in [3.8, 4) is 0 Å². The first-order valence-corrected chi connectivity index (χ1v) is 10.2. The Balaban J connectivity index is 2.00. The summed E-state index contributed by atoms with van der Waals surface area (Å²) in [6.07, 6.45) is 2.81. The maximum absolute atomic E-state index is 13.0. The van der Waals surface area contributed by atoms with E-state index < -0.39 is 17.8 Å². The smallest absolute Gasteiger partial charge is 0.286 e. The van der Waals surface area contributed by atoms with E-state index in [0.29, 0.717) is 22.2 Å². The summed E-state index contributed by atoms with van der Waals surface area (Å²) in [5.41, 5.74) is 0.251. The lowest BCUT2D eigenvalue weighted by Crippen LogP contribution is -2.42. The number of urea groups is 1. The zero-order valence-electron chi connectivity index (χ0n) is 14.9. The lowest BCUT2D eigenvalue weighted by Gasteiger charge is -2.25. The minimum absolute atomic E-state index is 0.0809. The van der Waals surface area contributed by atoms with Gasteiger partial charge in [0.05, 0.1) is 22.2 Å². The fraction of sp³-hybridized carbons (Fsp3) is 0.353. The van der Waals surface area contributed by atoms with E-state index in [-0.39, 0.29) is 28.8 Å². The highest BCUT2D eigenvalue weighted by molar-refractivity contribution is 8.34. The lowest BCUT2D eigenvalue weighted by atomic mass is 10.2. The molecule has 2 aliphatic rings. The van der Waals surface area contributed by atoms with Crippen LogP contribution in [0.1, 0.15) is 24.2 Å². The third-order valence-electron chi connectivity index (χ3n) is 4.17. The second-order valence-electron chi connectivity index (χ2n) is 5.74. The molecule has 27 heavy (non-hydrogen) atoms. The van der Waals surface area contributed by atoms with E-state index >= 15 is 0 Å². The van der Waals surface area contributed by atoms with Crippen LogP contribution in [0.2, 0.25) is 0 Å². The van der Waals surface area contributed by atoms with Gasteiger partial charge in [0.1, 0.15) is 5.70 Å². The Kier molecular flexibility index (Phi) is 5.98. The molecule has 1 aromatic heterocycles. The van der Waals surface area contributed by atoms with Crippen LogP contribution in [-0.4, -0.2) is 68.2 Å². The number of amides is 4. The first-order valence-electron chi connectivity index (χ1n) is 8.38. The van der Waals surface area contributed by atoms with E-state index in [1.165, 1.54) is 35.1 Å². The van der Waals surface area contributed by atoms with Gasteiger partial charge in [0, 0.05) is 12.4 Å². The predicted molar refractivity (Wildman–Crippen MR) is 103 cm³/mol. The van der Waals surface area contributed by atoms with Crippen LogP contribution in [-0.2, 0) is 9.59 Å². The summed E-state index contributed by atoms with van der Waals surface area (Å²) in [4.78, 5) is 58.2. The van der Waals surface area contributed by atoms with Crippen LogP contribution in [0.4, 0.5) is 4.79 Å². The van der Waals surface area contributed by atoms with Gasteiger partial charge in [-0.1, -0.05) is 13.8 Å². The van der Waals surface area contributed by atoms with Gasteiger partial charge in [0.15, 0.2) is 0 Å². The Morgan fingerprint density at radius 2 is 2.00 bits per heavy atom. The van der Waals surface area contributed by atoms with E-state index in [9.17, 15) is 19.2 Å². The van der Waals surface area contributed by atoms with Crippen LogP contribution in [0.3, 0.4) is 0 Å². The Bertz CT molecular complexity index is 823. The van der Waals surface area contributed by atoms with Gasteiger partial charge in [0.25, 0.3) is 11.8 Å². The Labute approximate surface area is 165 Å². The maximum Gasteiger partial charge on any atom is 0.340 e. The quantitative estimate of drug-likeness (QED) is 0.416.